The third-order valence-electron chi connectivity index (χ3n) is 2.96. The van der Waals surface area contributed by atoms with E-state index in [1.165, 1.54) is 0 Å². The molecule has 0 radical (unpaired) electrons. The van der Waals surface area contributed by atoms with E-state index in [0.29, 0.717) is 13.0 Å². The molecule has 0 aliphatic rings. The van der Waals surface area contributed by atoms with Gasteiger partial charge in [-0.05, 0) is 37.5 Å². The van der Waals surface area contributed by atoms with E-state index < -0.39 is 6.23 Å². The molecule has 0 aliphatic carbocycles. The van der Waals surface area contributed by atoms with Crippen molar-refractivity contribution in [3.05, 3.63) is 29.8 Å². The summed E-state index contributed by atoms with van der Waals surface area (Å²) in [5, 5.41) is 18.4. The average molecular weight is 253 g/mol. The van der Waals surface area contributed by atoms with Crippen molar-refractivity contribution < 1.29 is 14.9 Å². The largest absolute Gasteiger partial charge is 0.493 e. The molecule has 0 amide bonds. The molecule has 0 aromatic heterocycles. The Morgan fingerprint density at radius 3 is 2.61 bits per heavy atom. The van der Waals surface area contributed by atoms with Gasteiger partial charge in [0.15, 0.2) is 0 Å². The number of hydrogen-bond acceptors (Lipinski definition) is 4. The van der Waals surface area contributed by atoms with Crippen LogP contribution in [0, 0.1) is 5.92 Å². The summed E-state index contributed by atoms with van der Waals surface area (Å²) in [5.41, 5.74) is 6.39. The lowest BCUT2D eigenvalue weighted by Gasteiger charge is -2.16. The van der Waals surface area contributed by atoms with Crippen molar-refractivity contribution in [3.63, 3.8) is 0 Å². The van der Waals surface area contributed by atoms with Crippen molar-refractivity contribution in [2.24, 2.45) is 11.7 Å². The van der Waals surface area contributed by atoms with Crippen LogP contribution in [0.2, 0.25) is 0 Å². The Kier molecular flexibility index (Phi) is 6.12. The van der Waals surface area contributed by atoms with Crippen molar-refractivity contribution in [2.45, 2.75) is 39.0 Å². The minimum atomic E-state index is -0.773. The number of hydrogen-bond donors (Lipinski definition) is 3. The van der Waals surface area contributed by atoms with Crippen molar-refractivity contribution in [1.82, 2.24) is 0 Å². The molecular formula is C14H23NO3. The molecule has 0 bridgehead atoms. The van der Waals surface area contributed by atoms with Gasteiger partial charge < -0.3 is 20.7 Å². The number of aliphatic hydroxyl groups excluding tert-OH is 2. The molecule has 0 saturated heterocycles. The lowest BCUT2D eigenvalue weighted by molar-refractivity contribution is 0.0992. The van der Waals surface area contributed by atoms with Crippen LogP contribution in [0.3, 0.4) is 0 Å². The van der Waals surface area contributed by atoms with E-state index in [1.54, 1.807) is 6.92 Å². The molecule has 4 nitrogen and oxygen atoms in total. The minimum absolute atomic E-state index is 0.0968. The van der Waals surface area contributed by atoms with Gasteiger partial charge in [-0.1, -0.05) is 19.1 Å². The van der Waals surface area contributed by atoms with Crippen LogP contribution in [0.25, 0.3) is 0 Å². The predicted molar refractivity (Wildman–Crippen MR) is 71.3 cm³/mol. The van der Waals surface area contributed by atoms with E-state index in [1.807, 2.05) is 31.2 Å². The molecular weight excluding hydrogens is 230 g/mol. The molecule has 18 heavy (non-hydrogen) atoms. The summed E-state index contributed by atoms with van der Waals surface area (Å²) in [6, 6.07) is 7.72. The van der Waals surface area contributed by atoms with E-state index in [4.69, 9.17) is 15.6 Å². The molecule has 0 fully saturated rings. The van der Waals surface area contributed by atoms with Crippen LogP contribution in [0.1, 0.15) is 25.8 Å². The van der Waals surface area contributed by atoms with Gasteiger partial charge >= 0.3 is 0 Å². The van der Waals surface area contributed by atoms with Crippen molar-refractivity contribution in [1.29, 1.82) is 0 Å². The first-order valence-electron chi connectivity index (χ1n) is 6.32. The monoisotopic (exact) mass is 253 g/mol. The van der Waals surface area contributed by atoms with Crippen LogP contribution in [0.15, 0.2) is 24.3 Å². The first-order valence-corrected chi connectivity index (χ1v) is 6.32. The molecule has 0 saturated carbocycles. The molecule has 0 heterocycles. The summed E-state index contributed by atoms with van der Waals surface area (Å²) < 4.78 is 5.62. The van der Waals surface area contributed by atoms with Crippen molar-refractivity contribution >= 4 is 0 Å². The average Bonchev–Trinajstić information content (AvgIpc) is 2.33. The number of aryl methyl sites for hydroxylation is 1. The molecule has 3 atom stereocenters. The van der Waals surface area contributed by atoms with Crippen LogP contribution >= 0.6 is 0 Å². The summed E-state index contributed by atoms with van der Waals surface area (Å²) in [7, 11) is 0. The fourth-order valence-electron chi connectivity index (χ4n) is 1.47. The lowest BCUT2D eigenvalue weighted by Crippen LogP contribution is -2.20. The Morgan fingerprint density at radius 1 is 1.28 bits per heavy atom. The normalized spacial score (nSPS) is 16.1. The molecule has 0 spiro atoms. The summed E-state index contributed by atoms with van der Waals surface area (Å²) >= 11 is 0. The highest BCUT2D eigenvalue weighted by Crippen LogP contribution is 2.16. The molecule has 3 unspecified atom stereocenters. The highest BCUT2D eigenvalue weighted by Gasteiger charge is 2.09. The van der Waals surface area contributed by atoms with E-state index in [0.717, 1.165) is 17.7 Å². The van der Waals surface area contributed by atoms with Crippen LogP contribution in [0.5, 0.6) is 5.75 Å². The van der Waals surface area contributed by atoms with Crippen molar-refractivity contribution in [2.75, 3.05) is 6.61 Å². The second kappa shape index (κ2) is 7.36. The fraction of sp³-hybridized carbons (Fsp3) is 0.571. The van der Waals surface area contributed by atoms with Gasteiger partial charge in [0.25, 0.3) is 0 Å². The van der Waals surface area contributed by atoms with Gasteiger partial charge in [-0.3, -0.25) is 0 Å². The first-order chi connectivity index (χ1) is 8.49. The number of benzene rings is 1. The van der Waals surface area contributed by atoms with Gasteiger partial charge in [0, 0.05) is 5.92 Å². The number of rotatable bonds is 7. The second-order valence-electron chi connectivity index (χ2n) is 4.78. The van der Waals surface area contributed by atoms with Gasteiger partial charge in [-0.2, -0.15) is 0 Å². The van der Waals surface area contributed by atoms with Gasteiger partial charge in [0.2, 0.25) is 0 Å². The quantitative estimate of drug-likeness (QED) is 0.640. The number of ether oxygens (including phenoxy) is 1. The lowest BCUT2D eigenvalue weighted by atomic mass is 10.1. The zero-order valence-electron chi connectivity index (χ0n) is 11.0. The third kappa shape index (κ3) is 5.49. The summed E-state index contributed by atoms with van der Waals surface area (Å²) in [5.74, 6) is 0.881. The summed E-state index contributed by atoms with van der Waals surface area (Å²) in [6.07, 6.45) is 0.111. The SMILES string of the molecule is CC(O)C(C)COc1cccc(CCC(N)O)c1. The maximum Gasteiger partial charge on any atom is 0.119 e. The molecule has 1 aromatic rings. The molecule has 4 heteroatoms. The molecule has 0 aliphatic heterocycles. The number of nitrogens with two attached hydrogens (primary N) is 1. The van der Waals surface area contributed by atoms with E-state index in [-0.39, 0.29) is 12.0 Å². The molecule has 1 rings (SSSR count). The predicted octanol–water partition coefficient (Wildman–Crippen LogP) is 1.29. The second-order valence-corrected chi connectivity index (χ2v) is 4.78. The highest BCUT2D eigenvalue weighted by molar-refractivity contribution is 5.28. The standard InChI is InChI=1S/C14H23NO3/c1-10(11(2)16)9-18-13-5-3-4-12(8-13)6-7-14(15)17/h3-5,8,10-11,14,16-17H,6-7,9,15H2,1-2H3. The summed E-state index contributed by atoms with van der Waals surface area (Å²) in [6.45, 7) is 4.19. The van der Waals surface area contributed by atoms with Gasteiger partial charge in [0.05, 0.1) is 12.7 Å². The first kappa shape index (κ1) is 15.0. The zero-order chi connectivity index (χ0) is 13.5. The van der Waals surface area contributed by atoms with Gasteiger partial charge in [-0.15, -0.1) is 0 Å². The van der Waals surface area contributed by atoms with Crippen LogP contribution in [0.4, 0.5) is 0 Å². The molecule has 4 N–H and O–H groups in total. The molecule has 102 valence electrons. The zero-order valence-corrected chi connectivity index (χ0v) is 11.0. The van der Waals surface area contributed by atoms with Crippen molar-refractivity contribution in [3.8, 4) is 5.75 Å². The Bertz CT molecular complexity index is 353. The summed E-state index contributed by atoms with van der Waals surface area (Å²) in [4.78, 5) is 0. The minimum Gasteiger partial charge on any atom is -0.493 e. The Balaban J connectivity index is 2.49. The van der Waals surface area contributed by atoms with E-state index >= 15 is 0 Å². The third-order valence-corrected chi connectivity index (χ3v) is 2.96. The maximum atomic E-state index is 9.38. The smallest absolute Gasteiger partial charge is 0.119 e. The van der Waals surface area contributed by atoms with Crippen LogP contribution in [-0.4, -0.2) is 29.2 Å². The highest BCUT2D eigenvalue weighted by atomic mass is 16.5. The fourth-order valence-corrected chi connectivity index (χ4v) is 1.47. The Labute approximate surface area is 108 Å². The van der Waals surface area contributed by atoms with E-state index in [9.17, 15) is 5.11 Å². The maximum absolute atomic E-state index is 9.38. The Hall–Kier alpha value is -1.10. The van der Waals surface area contributed by atoms with Gasteiger partial charge in [0.1, 0.15) is 12.0 Å². The Morgan fingerprint density at radius 2 is 2.00 bits per heavy atom. The number of aliphatic hydroxyl groups is 2. The van der Waals surface area contributed by atoms with Gasteiger partial charge in [-0.25, -0.2) is 0 Å². The molecule has 1 aromatic carbocycles. The topological polar surface area (TPSA) is 75.7 Å². The van der Waals surface area contributed by atoms with Crippen LogP contribution < -0.4 is 10.5 Å². The van der Waals surface area contributed by atoms with E-state index in [2.05, 4.69) is 0 Å². The van der Waals surface area contributed by atoms with Crippen LogP contribution in [-0.2, 0) is 6.42 Å².